The number of alkyl halides is 3. The first-order valence-electron chi connectivity index (χ1n) is 11.8. The Labute approximate surface area is 184 Å². The zero-order valence-corrected chi connectivity index (χ0v) is 19.2. The molecule has 0 aromatic rings. The van der Waals surface area contributed by atoms with Crippen LogP contribution in [0.25, 0.3) is 0 Å². The summed E-state index contributed by atoms with van der Waals surface area (Å²) in [5, 5.41) is 20.0. The Morgan fingerprint density at radius 2 is 1.71 bits per heavy atom. The average Bonchev–Trinajstić information content (AvgIpc) is 3.02. The van der Waals surface area contributed by atoms with Gasteiger partial charge in [-0.3, -0.25) is 0 Å². The largest absolute Gasteiger partial charge is 0.417 e. The maximum absolute atomic E-state index is 12.7. The fourth-order valence-electron chi connectivity index (χ4n) is 7.60. The summed E-state index contributed by atoms with van der Waals surface area (Å²) in [5.74, 6) is 1.61. The molecule has 4 aliphatic rings. The molecule has 2 nitrogen and oxygen atoms in total. The molecule has 0 aromatic carbocycles. The van der Waals surface area contributed by atoms with Gasteiger partial charge in [-0.05, 0) is 86.4 Å². The molecule has 2 unspecified atom stereocenters. The minimum atomic E-state index is -4.61. The van der Waals surface area contributed by atoms with E-state index in [0.717, 1.165) is 51.0 Å². The number of aliphatic hydroxyl groups excluding tert-OH is 1. The van der Waals surface area contributed by atoms with Gasteiger partial charge in [-0.2, -0.15) is 13.2 Å². The number of aliphatic hydroxyl groups is 2. The van der Waals surface area contributed by atoms with E-state index in [9.17, 15) is 23.4 Å². The number of allylic oxidation sites excluding steroid dienone is 4. The zero-order chi connectivity index (χ0) is 22.8. The van der Waals surface area contributed by atoms with Gasteiger partial charge in [0.25, 0.3) is 0 Å². The molecule has 0 saturated heterocycles. The summed E-state index contributed by atoms with van der Waals surface area (Å²) in [4.78, 5) is 0. The lowest BCUT2D eigenvalue weighted by Crippen LogP contribution is -2.51. The van der Waals surface area contributed by atoms with Crippen molar-refractivity contribution in [3.8, 4) is 0 Å². The van der Waals surface area contributed by atoms with Crippen molar-refractivity contribution >= 4 is 0 Å². The van der Waals surface area contributed by atoms with E-state index in [1.807, 2.05) is 13.8 Å². The molecule has 0 radical (unpaired) electrons. The van der Waals surface area contributed by atoms with E-state index < -0.39 is 17.9 Å². The minimum absolute atomic E-state index is 0.00989. The molecule has 2 fully saturated rings. The van der Waals surface area contributed by atoms with E-state index in [0.29, 0.717) is 17.8 Å². The van der Waals surface area contributed by atoms with Crippen LogP contribution in [0.1, 0.15) is 72.6 Å². The summed E-state index contributed by atoms with van der Waals surface area (Å²) in [6.45, 7) is 8.62. The number of fused-ring (bicyclic) bond motifs is 5. The Morgan fingerprint density at radius 1 is 1.00 bits per heavy atom. The Kier molecular flexibility index (Phi) is 5.57. The van der Waals surface area contributed by atoms with Gasteiger partial charge in [0.15, 0.2) is 6.10 Å². The fourth-order valence-corrected chi connectivity index (χ4v) is 7.60. The number of hydrogen-bond acceptors (Lipinski definition) is 2. The van der Waals surface area contributed by atoms with Crippen LogP contribution in [0.5, 0.6) is 0 Å². The molecular weight excluding hydrogens is 401 g/mol. The molecule has 0 aromatic heterocycles. The molecule has 0 heterocycles. The lowest BCUT2D eigenvalue weighted by atomic mass is 9.46. The number of halogens is 3. The second-order valence-electron chi connectivity index (χ2n) is 11.4. The highest BCUT2D eigenvalue weighted by Crippen LogP contribution is 2.66. The first-order chi connectivity index (χ1) is 14.3. The van der Waals surface area contributed by atoms with E-state index in [1.54, 1.807) is 0 Å². The average molecular weight is 439 g/mol. The molecule has 2 saturated carbocycles. The van der Waals surface area contributed by atoms with Crippen molar-refractivity contribution in [2.24, 2.45) is 34.5 Å². The van der Waals surface area contributed by atoms with Crippen molar-refractivity contribution < 1.29 is 23.4 Å². The van der Waals surface area contributed by atoms with Gasteiger partial charge in [-0.1, -0.05) is 56.2 Å². The quantitative estimate of drug-likeness (QED) is 0.504. The van der Waals surface area contributed by atoms with Crippen LogP contribution >= 0.6 is 0 Å². The minimum Gasteiger partial charge on any atom is -0.390 e. The molecule has 4 rings (SSSR count). The van der Waals surface area contributed by atoms with Crippen molar-refractivity contribution in [2.45, 2.75) is 90.5 Å². The maximum Gasteiger partial charge on any atom is 0.417 e. The lowest BCUT2D eigenvalue weighted by Gasteiger charge is -2.58. The van der Waals surface area contributed by atoms with Crippen LogP contribution in [0.2, 0.25) is 0 Å². The summed E-state index contributed by atoms with van der Waals surface area (Å²) >= 11 is 0. The van der Waals surface area contributed by atoms with Crippen LogP contribution in [0, 0.1) is 34.5 Å². The zero-order valence-electron chi connectivity index (χ0n) is 19.2. The third-order valence-corrected chi connectivity index (χ3v) is 9.43. The first-order valence-corrected chi connectivity index (χ1v) is 11.8. The Morgan fingerprint density at radius 3 is 2.39 bits per heavy atom. The van der Waals surface area contributed by atoms with E-state index in [1.165, 1.54) is 17.2 Å². The van der Waals surface area contributed by atoms with E-state index in [4.69, 9.17) is 0 Å². The third kappa shape index (κ3) is 3.84. The van der Waals surface area contributed by atoms with Gasteiger partial charge >= 0.3 is 6.18 Å². The third-order valence-electron chi connectivity index (χ3n) is 9.43. The Balaban J connectivity index is 1.54. The highest BCUT2D eigenvalue weighted by Gasteiger charge is 2.57. The molecule has 0 amide bonds. The molecule has 31 heavy (non-hydrogen) atoms. The van der Waals surface area contributed by atoms with E-state index >= 15 is 0 Å². The van der Waals surface area contributed by atoms with Crippen LogP contribution in [0.15, 0.2) is 35.5 Å². The Hall–Kier alpha value is -1.07. The molecule has 2 N–H and O–H groups in total. The van der Waals surface area contributed by atoms with Crippen LogP contribution < -0.4 is 0 Å². The van der Waals surface area contributed by atoms with Crippen LogP contribution in [-0.2, 0) is 0 Å². The normalized spacial score (nSPS) is 44.7. The second-order valence-corrected chi connectivity index (χ2v) is 11.4. The molecule has 4 aliphatic carbocycles. The van der Waals surface area contributed by atoms with Gasteiger partial charge in [0, 0.05) is 0 Å². The van der Waals surface area contributed by atoms with Gasteiger partial charge < -0.3 is 10.2 Å². The summed E-state index contributed by atoms with van der Waals surface area (Å²) in [5.41, 5.74) is 2.27. The summed E-state index contributed by atoms with van der Waals surface area (Å²) < 4.78 is 38.1. The molecule has 174 valence electrons. The number of rotatable bonds is 3. The first kappa shape index (κ1) is 23.1. The van der Waals surface area contributed by atoms with Gasteiger partial charge in [-0.15, -0.1) is 0 Å². The molecular formula is C26H37F3O2. The lowest BCUT2D eigenvalue weighted by molar-refractivity contribution is -0.187. The van der Waals surface area contributed by atoms with Crippen LogP contribution in [0.3, 0.4) is 0 Å². The standard InChI is InChI=1S/C26H37F3O2/c1-16(5-10-22(30)26(27,28)29)19-8-9-20-18-7-6-17-15-23(2,31)13-14-24(17,3)21(18)11-12-25(19,20)4/h5-6,8,10,16,18,20-22,30-31H,7,9,11-15H2,1-4H3/b10-5+/t16-,18+,20+,21+,22?,23+,24?,25-/m1/s1. The van der Waals surface area contributed by atoms with Gasteiger partial charge in [0.2, 0.25) is 0 Å². The predicted molar refractivity (Wildman–Crippen MR) is 116 cm³/mol. The van der Waals surface area contributed by atoms with Crippen molar-refractivity contribution in [1.82, 2.24) is 0 Å². The van der Waals surface area contributed by atoms with Gasteiger partial charge in [0.1, 0.15) is 0 Å². The monoisotopic (exact) mass is 438 g/mol. The Bertz CT molecular complexity index is 808. The van der Waals surface area contributed by atoms with Crippen molar-refractivity contribution in [1.29, 1.82) is 0 Å². The summed E-state index contributed by atoms with van der Waals surface area (Å²) in [6.07, 6.45) is 6.98. The topological polar surface area (TPSA) is 40.5 Å². The summed E-state index contributed by atoms with van der Waals surface area (Å²) in [7, 11) is 0. The molecule has 8 atom stereocenters. The van der Waals surface area contributed by atoms with Crippen molar-refractivity contribution in [3.63, 3.8) is 0 Å². The molecule has 0 aliphatic heterocycles. The second kappa shape index (κ2) is 7.48. The van der Waals surface area contributed by atoms with Crippen LogP contribution in [0.4, 0.5) is 13.2 Å². The molecule has 5 heteroatoms. The molecule has 0 bridgehead atoms. The summed E-state index contributed by atoms with van der Waals surface area (Å²) in [6, 6.07) is 0. The highest BCUT2D eigenvalue weighted by molar-refractivity contribution is 5.33. The highest BCUT2D eigenvalue weighted by atomic mass is 19.4. The number of hydrogen-bond donors (Lipinski definition) is 2. The maximum atomic E-state index is 12.7. The van der Waals surface area contributed by atoms with Gasteiger partial charge in [0.05, 0.1) is 5.60 Å². The van der Waals surface area contributed by atoms with E-state index in [2.05, 4.69) is 26.0 Å². The van der Waals surface area contributed by atoms with Gasteiger partial charge in [-0.25, -0.2) is 0 Å². The molecule has 0 spiro atoms. The smallest absolute Gasteiger partial charge is 0.390 e. The van der Waals surface area contributed by atoms with Crippen molar-refractivity contribution in [3.05, 3.63) is 35.5 Å². The SMILES string of the molecule is C[C@H](/C=C/C(O)C(F)(F)F)C1=CC[C@H]2[C@@H]3CC=C4C[C@@](C)(O)CCC4(C)[C@H]3CC[C@]12C. The predicted octanol–water partition coefficient (Wildman–Crippen LogP) is 6.35. The van der Waals surface area contributed by atoms with E-state index in [-0.39, 0.29) is 16.7 Å². The van der Waals surface area contributed by atoms with Crippen LogP contribution in [-0.4, -0.2) is 28.1 Å². The fraction of sp³-hybridized carbons (Fsp3) is 0.769. The van der Waals surface area contributed by atoms with Crippen molar-refractivity contribution in [2.75, 3.05) is 0 Å².